The van der Waals surface area contributed by atoms with Crippen LogP contribution in [0.3, 0.4) is 0 Å². The number of amides is 2. The van der Waals surface area contributed by atoms with Crippen molar-refractivity contribution < 1.29 is 14.3 Å². The highest BCUT2D eigenvalue weighted by atomic mass is 16.5. The Bertz CT molecular complexity index is 297. The zero-order valence-corrected chi connectivity index (χ0v) is 10.6. The first-order chi connectivity index (χ1) is 8.77. The Morgan fingerprint density at radius 1 is 1.33 bits per heavy atom. The van der Waals surface area contributed by atoms with Gasteiger partial charge in [-0.2, -0.15) is 0 Å². The molecular weight excluding hydrogens is 234 g/mol. The summed E-state index contributed by atoms with van der Waals surface area (Å²) in [6, 6.07) is 0. The predicted octanol–water partition coefficient (Wildman–Crippen LogP) is -1.04. The maximum absolute atomic E-state index is 11.8. The Hall–Kier alpha value is -1.14. The highest BCUT2D eigenvalue weighted by Gasteiger charge is 2.23. The molecule has 0 aromatic carbocycles. The monoisotopic (exact) mass is 255 g/mol. The molecule has 2 aliphatic rings. The molecule has 0 bridgehead atoms. The molecule has 2 aliphatic heterocycles. The van der Waals surface area contributed by atoms with Crippen LogP contribution in [-0.2, 0) is 14.3 Å². The lowest BCUT2D eigenvalue weighted by Crippen LogP contribution is -2.51. The van der Waals surface area contributed by atoms with Gasteiger partial charge in [0.25, 0.3) is 0 Å². The van der Waals surface area contributed by atoms with Crippen molar-refractivity contribution in [2.45, 2.75) is 12.8 Å². The van der Waals surface area contributed by atoms with Gasteiger partial charge >= 0.3 is 11.8 Å². The van der Waals surface area contributed by atoms with Gasteiger partial charge in [0, 0.05) is 45.9 Å². The number of hydrogen-bond acceptors (Lipinski definition) is 4. The van der Waals surface area contributed by atoms with E-state index in [4.69, 9.17) is 4.74 Å². The van der Waals surface area contributed by atoms with Crippen LogP contribution >= 0.6 is 0 Å². The van der Waals surface area contributed by atoms with Gasteiger partial charge in [-0.05, 0) is 18.8 Å². The second-order valence-corrected chi connectivity index (χ2v) is 4.82. The second kappa shape index (κ2) is 6.70. The molecule has 0 radical (unpaired) electrons. The molecule has 2 amide bonds. The summed E-state index contributed by atoms with van der Waals surface area (Å²) in [5.74, 6) is -0.352. The van der Waals surface area contributed by atoms with Gasteiger partial charge < -0.3 is 20.3 Å². The van der Waals surface area contributed by atoms with Gasteiger partial charge in [-0.1, -0.05) is 0 Å². The van der Waals surface area contributed by atoms with Crippen molar-refractivity contribution in [3.8, 4) is 0 Å². The van der Waals surface area contributed by atoms with Crippen LogP contribution in [0.2, 0.25) is 0 Å². The number of ether oxygens (including phenoxy) is 1. The first-order valence-electron chi connectivity index (χ1n) is 6.63. The van der Waals surface area contributed by atoms with E-state index in [0.717, 1.165) is 39.1 Å². The van der Waals surface area contributed by atoms with Crippen LogP contribution in [0.4, 0.5) is 0 Å². The molecule has 18 heavy (non-hydrogen) atoms. The number of carbonyl (C=O) groups is 2. The van der Waals surface area contributed by atoms with Crippen LogP contribution in [0.15, 0.2) is 0 Å². The van der Waals surface area contributed by atoms with Crippen LogP contribution in [0.25, 0.3) is 0 Å². The van der Waals surface area contributed by atoms with Crippen molar-refractivity contribution in [3.63, 3.8) is 0 Å². The van der Waals surface area contributed by atoms with E-state index in [1.165, 1.54) is 0 Å². The first kappa shape index (κ1) is 13.3. The standard InChI is InChI=1S/C12H21N3O3/c16-11(12(17)15-6-4-13-5-7-15)14-3-1-10-2-8-18-9-10/h10,13H,1-9H2,(H,14,16). The average molecular weight is 255 g/mol. The van der Waals surface area contributed by atoms with Crippen molar-refractivity contribution in [1.82, 2.24) is 15.5 Å². The minimum Gasteiger partial charge on any atom is -0.381 e. The van der Waals surface area contributed by atoms with Crippen molar-refractivity contribution in [2.75, 3.05) is 45.9 Å². The van der Waals surface area contributed by atoms with Gasteiger partial charge in [-0.3, -0.25) is 9.59 Å². The zero-order chi connectivity index (χ0) is 12.8. The van der Waals surface area contributed by atoms with E-state index in [0.29, 0.717) is 25.6 Å². The van der Waals surface area contributed by atoms with Crippen molar-refractivity contribution in [2.24, 2.45) is 5.92 Å². The third-order valence-corrected chi connectivity index (χ3v) is 3.46. The summed E-state index contributed by atoms with van der Waals surface area (Å²) in [5, 5.41) is 5.85. The van der Waals surface area contributed by atoms with Gasteiger partial charge in [0.05, 0.1) is 0 Å². The lowest BCUT2D eigenvalue weighted by atomic mass is 10.1. The van der Waals surface area contributed by atoms with Crippen LogP contribution in [0.5, 0.6) is 0 Å². The molecule has 2 rings (SSSR count). The summed E-state index contributed by atoms with van der Waals surface area (Å²) >= 11 is 0. The summed E-state index contributed by atoms with van der Waals surface area (Å²) < 4.78 is 5.26. The molecule has 0 aliphatic carbocycles. The summed E-state index contributed by atoms with van der Waals surface area (Å²) in [6.07, 6.45) is 1.95. The second-order valence-electron chi connectivity index (χ2n) is 4.82. The molecule has 2 fully saturated rings. The van der Waals surface area contributed by atoms with Gasteiger partial charge in [-0.15, -0.1) is 0 Å². The minimum atomic E-state index is -0.476. The highest BCUT2D eigenvalue weighted by Crippen LogP contribution is 2.15. The molecule has 1 atom stereocenters. The number of nitrogens with zero attached hydrogens (tertiary/aromatic N) is 1. The molecule has 6 heteroatoms. The largest absolute Gasteiger partial charge is 0.381 e. The minimum absolute atomic E-state index is 0.404. The van der Waals surface area contributed by atoms with E-state index in [9.17, 15) is 9.59 Å². The van der Waals surface area contributed by atoms with E-state index in [1.54, 1.807) is 4.90 Å². The maximum Gasteiger partial charge on any atom is 0.311 e. The molecule has 6 nitrogen and oxygen atoms in total. The zero-order valence-electron chi connectivity index (χ0n) is 10.6. The molecule has 102 valence electrons. The summed E-state index contributed by atoms with van der Waals surface area (Å²) in [4.78, 5) is 25.1. The predicted molar refractivity (Wildman–Crippen MR) is 66.0 cm³/mol. The Balaban J connectivity index is 1.65. The Kier molecular flexibility index (Phi) is 4.95. The molecule has 2 N–H and O–H groups in total. The number of piperazine rings is 1. The number of rotatable bonds is 3. The van der Waals surface area contributed by atoms with E-state index in [2.05, 4.69) is 10.6 Å². The number of hydrogen-bond donors (Lipinski definition) is 2. The first-order valence-corrected chi connectivity index (χ1v) is 6.63. The quantitative estimate of drug-likeness (QED) is 0.632. The fourth-order valence-electron chi connectivity index (χ4n) is 2.29. The lowest BCUT2D eigenvalue weighted by molar-refractivity contribution is -0.146. The van der Waals surface area contributed by atoms with Crippen molar-refractivity contribution >= 4 is 11.8 Å². The van der Waals surface area contributed by atoms with Crippen LogP contribution < -0.4 is 10.6 Å². The molecule has 0 spiro atoms. The molecule has 1 unspecified atom stereocenters. The Morgan fingerprint density at radius 3 is 2.78 bits per heavy atom. The smallest absolute Gasteiger partial charge is 0.311 e. The normalized spacial score (nSPS) is 24.0. The van der Waals surface area contributed by atoms with E-state index in [1.807, 2.05) is 0 Å². The fraction of sp³-hybridized carbons (Fsp3) is 0.833. The van der Waals surface area contributed by atoms with E-state index in [-0.39, 0.29) is 0 Å². The third-order valence-electron chi connectivity index (χ3n) is 3.46. The van der Waals surface area contributed by atoms with Crippen molar-refractivity contribution in [1.29, 1.82) is 0 Å². The van der Waals surface area contributed by atoms with E-state index < -0.39 is 11.8 Å². The summed E-state index contributed by atoms with van der Waals surface area (Å²) in [5.41, 5.74) is 0. The van der Waals surface area contributed by atoms with Crippen molar-refractivity contribution in [3.05, 3.63) is 0 Å². The van der Waals surface area contributed by atoms with Gasteiger partial charge in [0.1, 0.15) is 0 Å². The SMILES string of the molecule is O=C(NCCC1CCOC1)C(=O)N1CCNCC1. The molecule has 0 saturated carbocycles. The highest BCUT2D eigenvalue weighted by molar-refractivity contribution is 6.35. The molecule has 0 aromatic rings. The van der Waals surface area contributed by atoms with Crippen LogP contribution in [-0.4, -0.2) is 62.7 Å². The number of nitrogens with one attached hydrogen (secondary N) is 2. The van der Waals surface area contributed by atoms with Crippen LogP contribution in [0.1, 0.15) is 12.8 Å². The summed E-state index contributed by atoms with van der Waals surface area (Å²) in [6.45, 7) is 4.91. The molecular formula is C12H21N3O3. The molecule has 0 aromatic heterocycles. The number of carbonyl (C=O) groups excluding carboxylic acids is 2. The molecule has 2 saturated heterocycles. The lowest BCUT2D eigenvalue weighted by Gasteiger charge is -2.26. The Labute approximate surface area is 107 Å². The maximum atomic E-state index is 11.8. The van der Waals surface area contributed by atoms with Gasteiger partial charge in [-0.25, -0.2) is 0 Å². The van der Waals surface area contributed by atoms with Gasteiger partial charge in [0.15, 0.2) is 0 Å². The Morgan fingerprint density at radius 2 is 2.11 bits per heavy atom. The third kappa shape index (κ3) is 3.68. The average Bonchev–Trinajstić information content (AvgIpc) is 2.92. The van der Waals surface area contributed by atoms with Crippen LogP contribution in [0, 0.1) is 5.92 Å². The molecule has 2 heterocycles. The van der Waals surface area contributed by atoms with Gasteiger partial charge in [0.2, 0.25) is 0 Å². The topological polar surface area (TPSA) is 70.7 Å². The fourth-order valence-corrected chi connectivity index (χ4v) is 2.29. The summed E-state index contributed by atoms with van der Waals surface area (Å²) in [7, 11) is 0. The van der Waals surface area contributed by atoms with E-state index >= 15 is 0 Å².